The maximum Gasteiger partial charge on any atom is 0.0794 e. The Balaban J connectivity index is 1.97. The Kier molecular flexibility index (Phi) is 1.29. The molecule has 0 radical (unpaired) electrons. The molecule has 2 aliphatic rings. The average molecular weight is 163 g/mol. The Bertz CT molecular complexity index is 275. The second-order valence-electron chi connectivity index (χ2n) is 3.74. The fourth-order valence-corrected chi connectivity index (χ4v) is 1.78. The lowest BCUT2D eigenvalue weighted by molar-refractivity contribution is 0.601. The van der Waals surface area contributed by atoms with E-state index in [0.717, 1.165) is 25.6 Å². The second kappa shape index (κ2) is 2.33. The van der Waals surface area contributed by atoms with Crippen molar-refractivity contribution in [3.63, 3.8) is 0 Å². The molecule has 0 saturated heterocycles. The van der Waals surface area contributed by atoms with Crippen molar-refractivity contribution in [2.75, 3.05) is 6.54 Å². The summed E-state index contributed by atoms with van der Waals surface area (Å²) < 4.78 is 2.16. The summed E-state index contributed by atoms with van der Waals surface area (Å²) in [5.74, 6) is 0. The van der Waals surface area contributed by atoms with Crippen LogP contribution in [0.2, 0.25) is 0 Å². The van der Waals surface area contributed by atoms with Gasteiger partial charge in [-0.2, -0.15) is 5.10 Å². The molecule has 1 fully saturated rings. The number of hydrogen-bond acceptors (Lipinski definition) is 2. The van der Waals surface area contributed by atoms with E-state index in [2.05, 4.69) is 21.3 Å². The highest BCUT2D eigenvalue weighted by Crippen LogP contribution is 2.34. The normalized spacial score (nSPS) is 22.3. The van der Waals surface area contributed by atoms with Gasteiger partial charge in [-0.1, -0.05) is 0 Å². The van der Waals surface area contributed by atoms with Gasteiger partial charge < -0.3 is 5.32 Å². The maximum atomic E-state index is 4.57. The third kappa shape index (κ3) is 0.966. The highest BCUT2D eigenvalue weighted by molar-refractivity contribution is 5.20. The Morgan fingerprint density at radius 2 is 2.42 bits per heavy atom. The molecule has 1 aliphatic carbocycles. The van der Waals surface area contributed by atoms with Crippen LogP contribution in [-0.4, -0.2) is 16.3 Å². The first-order valence-electron chi connectivity index (χ1n) is 4.71. The molecule has 0 bridgehead atoms. The lowest BCUT2D eigenvalue weighted by atomic mass is 10.1. The summed E-state index contributed by atoms with van der Waals surface area (Å²) in [5, 5.41) is 7.90. The van der Waals surface area contributed by atoms with Crippen LogP contribution in [0.5, 0.6) is 0 Å². The molecule has 0 atom stereocenters. The maximum absolute atomic E-state index is 4.57. The van der Waals surface area contributed by atoms with Gasteiger partial charge in [-0.25, -0.2) is 0 Å². The van der Waals surface area contributed by atoms with E-state index < -0.39 is 0 Å². The standard InChI is InChI=1S/C9H13N3/c1-2-8(1)12-6-7-3-4-10-5-9(7)11-12/h6,8,10H,1-5H2. The van der Waals surface area contributed by atoms with Gasteiger partial charge in [0, 0.05) is 12.7 Å². The molecule has 3 nitrogen and oxygen atoms in total. The molecule has 0 amide bonds. The van der Waals surface area contributed by atoms with Crippen molar-refractivity contribution in [3.05, 3.63) is 17.5 Å². The van der Waals surface area contributed by atoms with Crippen LogP contribution in [0.15, 0.2) is 6.20 Å². The molecule has 1 N–H and O–H groups in total. The molecule has 0 unspecified atom stereocenters. The van der Waals surface area contributed by atoms with E-state index in [1.807, 2.05) is 0 Å². The van der Waals surface area contributed by atoms with E-state index >= 15 is 0 Å². The van der Waals surface area contributed by atoms with Crippen LogP contribution in [0.4, 0.5) is 0 Å². The third-order valence-corrected chi connectivity index (χ3v) is 2.68. The molecular weight excluding hydrogens is 150 g/mol. The Hall–Kier alpha value is -0.830. The van der Waals surface area contributed by atoms with E-state index in [1.165, 1.54) is 24.1 Å². The van der Waals surface area contributed by atoms with E-state index in [9.17, 15) is 0 Å². The minimum Gasteiger partial charge on any atom is -0.311 e. The number of aromatic nitrogens is 2. The molecule has 1 aromatic heterocycles. The average Bonchev–Trinajstić information content (AvgIpc) is 2.85. The summed E-state index contributed by atoms with van der Waals surface area (Å²) >= 11 is 0. The predicted molar refractivity (Wildman–Crippen MR) is 45.9 cm³/mol. The van der Waals surface area contributed by atoms with Gasteiger partial charge in [-0.05, 0) is 31.4 Å². The van der Waals surface area contributed by atoms with Gasteiger partial charge in [0.15, 0.2) is 0 Å². The van der Waals surface area contributed by atoms with Gasteiger partial charge in [0.2, 0.25) is 0 Å². The fraction of sp³-hybridized carbons (Fsp3) is 0.667. The molecule has 3 heteroatoms. The number of fused-ring (bicyclic) bond motifs is 1. The smallest absolute Gasteiger partial charge is 0.0794 e. The quantitative estimate of drug-likeness (QED) is 0.665. The first-order chi connectivity index (χ1) is 5.93. The molecule has 12 heavy (non-hydrogen) atoms. The van der Waals surface area contributed by atoms with Crippen LogP contribution in [0.25, 0.3) is 0 Å². The zero-order valence-corrected chi connectivity index (χ0v) is 7.08. The minimum absolute atomic E-state index is 0.732. The molecule has 0 spiro atoms. The van der Waals surface area contributed by atoms with Crippen LogP contribution in [0.3, 0.4) is 0 Å². The molecule has 1 aromatic rings. The lowest BCUT2D eigenvalue weighted by Gasteiger charge is -2.09. The van der Waals surface area contributed by atoms with Gasteiger partial charge in [0.1, 0.15) is 0 Å². The second-order valence-corrected chi connectivity index (χ2v) is 3.74. The molecule has 3 rings (SSSR count). The summed E-state index contributed by atoms with van der Waals surface area (Å²) in [4.78, 5) is 0. The molecule has 64 valence electrons. The van der Waals surface area contributed by atoms with Gasteiger partial charge in [-0.3, -0.25) is 4.68 Å². The number of nitrogens with zero attached hydrogens (tertiary/aromatic N) is 2. The number of rotatable bonds is 1. The zero-order valence-electron chi connectivity index (χ0n) is 7.08. The monoisotopic (exact) mass is 163 g/mol. The highest BCUT2D eigenvalue weighted by atomic mass is 15.3. The first kappa shape index (κ1) is 6.66. The van der Waals surface area contributed by atoms with Crippen molar-refractivity contribution in [2.24, 2.45) is 0 Å². The summed E-state index contributed by atoms with van der Waals surface area (Å²) in [7, 11) is 0. The third-order valence-electron chi connectivity index (χ3n) is 2.68. The van der Waals surface area contributed by atoms with Gasteiger partial charge in [-0.15, -0.1) is 0 Å². The molecule has 2 heterocycles. The van der Waals surface area contributed by atoms with Crippen molar-refractivity contribution in [2.45, 2.75) is 31.8 Å². The van der Waals surface area contributed by atoms with Crippen molar-refractivity contribution < 1.29 is 0 Å². The van der Waals surface area contributed by atoms with E-state index in [1.54, 1.807) is 0 Å². The SMILES string of the molecule is c1c2c(nn1C1CC1)CNCC2. The van der Waals surface area contributed by atoms with Crippen LogP contribution < -0.4 is 5.32 Å². The Labute approximate surface area is 71.8 Å². The topological polar surface area (TPSA) is 29.9 Å². The lowest BCUT2D eigenvalue weighted by Crippen LogP contribution is -2.22. The minimum atomic E-state index is 0.732. The summed E-state index contributed by atoms with van der Waals surface area (Å²) in [6, 6.07) is 0.732. The Morgan fingerprint density at radius 3 is 3.17 bits per heavy atom. The predicted octanol–water partition coefficient (Wildman–Crippen LogP) is 0.864. The molecule has 1 saturated carbocycles. The van der Waals surface area contributed by atoms with Gasteiger partial charge >= 0.3 is 0 Å². The van der Waals surface area contributed by atoms with Crippen LogP contribution in [0, 0.1) is 0 Å². The van der Waals surface area contributed by atoms with Crippen LogP contribution in [0.1, 0.15) is 30.1 Å². The zero-order chi connectivity index (χ0) is 7.97. The summed E-state index contributed by atoms with van der Waals surface area (Å²) in [6.45, 7) is 2.08. The fourth-order valence-electron chi connectivity index (χ4n) is 1.78. The molecule has 0 aromatic carbocycles. The highest BCUT2D eigenvalue weighted by Gasteiger charge is 2.26. The van der Waals surface area contributed by atoms with Crippen LogP contribution >= 0.6 is 0 Å². The van der Waals surface area contributed by atoms with Gasteiger partial charge in [0.25, 0.3) is 0 Å². The van der Waals surface area contributed by atoms with Crippen molar-refractivity contribution >= 4 is 0 Å². The number of nitrogens with one attached hydrogen (secondary N) is 1. The van der Waals surface area contributed by atoms with Gasteiger partial charge in [0.05, 0.1) is 11.7 Å². The molecule has 1 aliphatic heterocycles. The summed E-state index contributed by atoms with van der Waals surface area (Å²) in [6.07, 6.45) is 6.05. The molecular formula is C9H13N3. The Morgan fingerprint density at radius 1 is 1.50 bits per heavy atom. The van der Waals surface area contributed by atoms with Crippen molar-refractivity contribution in [3.8, 4) is 0 Å². The van der Waals surface area contributed by atoms with Crippen LogP contribution in [-0.2, 0) is 13.0 Å². The van der Waals surface area contributed by atoms with E-state index in [0.29, 0.717) is 0 Å². The van der Waals surface area contributed by atoms with Crippen molar-refractivity contribution in [1.82, 2.24) is 15.1 Å². The van der Waals surface area contributed by atoms with E-state index in [4.69, 9.17) is 0 Å². The number of hydrogen-bond donors (Lipinski definition) is 1. The van der Waals surface area contributed by atoms with Crippen molar-refractivity contribution in [1.29, 1.82) is 0 Å². The largest absolute Gasteiger partial charge is 0.311 e. The van der Waals surface area contributed by atoms with E-state index in [-0.39, 0.29) is 0 Å². The summed E-state index contributed by atoms with van der Waals surface area (Å²) in [5.41, 5.74) is 2.73. The first-order valence-corrected chi connectivity index (χ1v) is 4.71.